The van der Waals surface area contributed by atoms with Crippen molar-refractivity contribution >= 4 is 23.5 Å². The van der Waals surface area contributed by atoms with Crippen molar-refractivity contribution in [3.05, 3.63) is 23.8 Å². The Morgan fingerprint density at radius 2 is 2.07 bits per heavy atom. The third-order valence-corrected chi connectivity index (χ3v) is 5.34. The zero-order chi connectivity index (χ0) is 18.8. The molecule has 8 nitrogen and oxygen atoms in total. The van der Waals surface area contributed by atoms with Gasteiger partial charge in [-0.25, -0.2) is 4.99 Å². The fourth-order valence-electron chi connectivity index (χ4n) is 3.95. The minimum absolute atomic E-state index is 0.0340. The summed E-state index contributed by atoms with van der Waals surface area (Å²) in [7, 11) is 0. The molecule has 3 heterocycles. The molecular formula is C19H25N5O3. The second-order valence-electron chi connectivity index (χ2n) is 7.28. The van der Waals surface area contributed by atoms with Gasteiger partial charge in [-0.05, 0) is 44.1 Å². The Balaban J connectivity index is 1.36. The second kappa shape index (κ2) is 7.56. The van der Waals surface area contributed by atoms with Gasteiger partial charge < -0.3 is 15.4 Å². The van der Waals surface area contributed by atoms with Crippen molar-refractivity contribution in [3.8, 4) is 5.75 Å². The Hall–Kier alpha value is -2.61. The number of amides is 2. The van der Waals surface area contributed by atoms with E-state index in [1.807, 2.05) is 23.1 Å². The third-order valence-electron chi connectivity index (χ3n) is 5.34. The van der Waals surface area contributed by atoms with Crippen LogP contribution in [0.25, 0.3) is 0 Å². The number of aliphatic imine (C=N–C) groups is 1. The van der Waals surface area contributed by atoms with Gasteiger partial charge in [-0.2, -0.15) is 0 Å². The summed E-state index contributed by atoms with van der Waals surface area (Å²) in [5.41, 5.74) is 7.48. The van der Waals surface area contributed by atoms with Gasteiger partial charge in [0.25, 0.3) is 0 Å². The lowest BCUT2D eigenvalue weighted by Gasteiger charge is -2.32. The highest BCUT2D eigenvalue weighted by molar-refractivity contribution is 6.05. The highest BCUT2D eigenvalue weighted by Crippen LogP contribution is 2.30. The molecule has 1 unspecified atom stereocenters. The van der Waals surface area contributed by atoms with Crippen LogP contribution < -0.4 is 15.8 Å². The van der Waals surface area contributed by atoms with E-state index in [4.69, 9.17) is 10.5 Å². The van der Waals surface area contributed by atoms with Gasteiger partial charge in [-0.1, -0.05) is 6.42 Å². The van der Waals surface area contributed by atoms with Gasteiger partial charge in [-0.15, -0.1) is 0 Å². The fourth-order valence-corrected chi connectivity index (χ4v) is 3.95. The summed E-state index contributed by atoms with van der Waals surface area (Å²) < 4.78 is 5.89. The Bertz CT molecular complexity index is 773. The van der Waals surface area contributed by atoms with Crippen molar-refractivity contribution in [3.63, 3.8) is 0 Å². The van der Waals surface area contributed by atoms with Crippen LogP contribution in [0.4, 0.5) is 5.69 Å². The van der Waals surface area contributed by atoms with E-state index in [2.05, 4.69) is 15.2 Å². The first-order chi connectivity index (χ1) is 13.1. The average molecular weight is 371 g/mol. The van der Waals surface area contributed by atoms with E-state index in [0.717, 1.165) is 42.9 Å². The van der Waals surface area contributed by atoms with Crippen LogP contribution >= 0.6 is 0 Å². The van der Waals surface area contributed by atoms with Crippen LogP contribution in [-0.2, 0) is 16.1 Å². The largest absolute Gasteiger partial charge is 0.494 e. The molecule has 1 aromatic rings. The van der Waals surface area contributed by atoms with E-state index in [0.29, 0.717) is 32.1 Å². The van der Waals surface area contributed by atoms with Crippen molar-refractivity contribution in [2.24, 2.45) is 10.7 Å². The number of carbonyl (C=O) groups is 2. The molecule has 8 heteroatoms. The SMILES string of the molecule is NC(=O)C(CCOc1ccc2c(c1)CN1CC(=O)NC1=N2)N1CCCCC1. The van der Waals surface area contributed by atoms with E-state index >= 15 is 0 Å². The van der Waals surface area contributed by atoms with Gasteiger partial charge in [0.2, 0.25) is 17.8 Å². The number of likely N-dealkylation sites (tertiary alicyclic amines) is 1. The standard InChI is InChI=1S/C19H25N5O3/c20-18(26)16(23-7-2-1-3-8-23)6-9-27-14-4-5-15-13(10-14)11-24-12-17(25)22-19(24)21-15/h4-5,10,16H,1-3,6-9,11-12H2,(H2,20,26)(H,21,22,25). The minimum Gasteiger partial charge on any atom is -0.494 e. The third kappa shape index (κ3) is 3.90. The monoisotopic (exact) mass is 371 g/mol. The normalized spacial score (nSPS) is 20.4. The van der Waals surface area contributed by atoms with Crippen LogP contribution in [0.2, 0.25) is 0 Å². The average Bonchev–Trinajstić information content (AvgIpc) is 3.02. The van der Waals surface area contributed by atoms with E-state index < -0.39 is 0 Å². The van der Waals surface area contributed by atoms with Gasteiger partial charge in [0, 0.05) is 18.5 Å². The number of nitrogens with one attached hydrogen (secondary N) is 1. The second-order valence-corrected chi connectivity index (χ2v) is 7.28. The van der Waals surface area contributed by atoms with Crippen LogP contribution in [0.1, 0.15) is 31.2 Å². The first kappa shape index (κ1) is 17.8. The van der Waals surface area contributed by atoms with Crippen molar-refractivity contribution < 1.29 is 14.3 Å². The smallest absolute Gasteiger partial charge is 0.246 e. The topological polar surface area (TPSA) is 100 Å². The zero-order valence-electron chi connectivity index (χ0n) is 15.3. The molecule has 0 bridgehead atoms. The maximum absolute atomic E-state index is 11.8. The van der Waals surface area contributed by atoms with Gasteiger partial charge >= 0.3 is 0 Å². The molecule has 2 amide bonds. The molecule has 1 atom stereocenters. The van der Waals surface area contributed by atoms with Crippen LogP contribution in [0.3, 0.4) is 0 Å². The molecular weight excluding hydrogens is 346 g/mol. The zero-order valence-corrected chi connectivity index (χ0v) is 15.3. The summed E-state index contributed by atoms with van der Waals surface area (Å²) in [5.74, 6) is 1.05. The maximum atomic E-state index is 11.8. The predicted octanol–water partition coefficient (Wildman–Crippen LogP) is 0.728. The van der Waals surface area contributed by atoms with Crippen molar-refractivity contribution in [1.82, 2.24) is 15.1 Å². The summed E-state index contributed by atoms with van der Waals surface area (Å²) in [6, 6.07) is 5.46. The Morgan fingerprint density at radius 3 is 2.85 bits per heavy atom. The molecule has 0 aliphatic carbocycles. The molecule has 3 aliphatic rings. The Kier molecular flexibility index (Phi) is 4.98. The molecule has 0 aromatic heterocycles. The highest BCUT2D eigenvalue weighted by atomic mass is 16.5. The van der Waals surface area contributed by atoms with E-state index in [9.17, 15) is 9.59 Å². The van der Waals surface area contributed by atoms with Gasteiger partial charge in [0.15, 0.2) is 0 Å². The summed E-state index contributed by atoms with van der Waals surface area (Å²) in [6.07, 6.45) is 4.03. The lowest BCUT2D eigenvalue weighted by Crippen LogP contribution is -2.47. The number of benzene rings is 1. The molecule has 0 spiro atoms. The molecule has 0 saturated carbocycles. The number of fused-ring (bicyclic) bond motifs is 2. The summed E-state index contributed by atoms with van der Waals surface area (Å²) in [4.78, 5) is 31.9. The van der Waals surface area contributed by atoms with Gasteiger partial charge in [0.1, 0.15) is 12.3 Å². The summed E-state index contributed by atoms with van der Waals surface area (Å²) in [5, 5.41) is 2.76. The number of piperidine rings is 1. The number of guanidine groups is 1. The summed E-state index contributed by atoms with van der Waals surface area (Å²) >= 11 is 0. The Morgan fingerprint density at radius 1 is 1.26 bits per heavy atom. The van der Waals surface area contributed by atoms with E-state index in [-0.39, 0.29) is 17.9 Å². The first-order valence-electron chi connectivity index (χ1n) is 9.53. The molecule has 3 aliphatic heterocycles. The van der Waals surface area contributed by atoms with Crippen molar-refractivity contribution in [2.75, 3.05) is 26.2 Å². The molecule has 27 heavy (non-hydrogen) atoms. The van der Waals surface area contributed by atoms with Gasteiger partial charge in [0.05, 0.1) is 18.3 Å². The van der Waals surface area contributed by atoms with E-state index in [1.54, 1.807) is 0 Å². The number of carbonyl (C=O) groups excluding carboxylic acids is 2. The molecule has 144 valence electrons. The fraction of sp³-hybridized carbons (Fsp3) is 0.526. The van der Waals surface area contributed by atoms with E-state index in [1.165, 1.54) is 6.42 Å². The number of hydrogen-bond donors (Lipinski definition) is 2. The van der Waals surface area contributed by atoms with Crippen LogP contribution in [-0.4, -0.2) is 59.9 Å². The van der Waals surface area contributed by atoms with Crippen LogP contribution in [0.5, 0.6) is 5.75 Å². The quantitative estimate of drug-likeness (QED) is 0.768. The number of ether oxygens (including phenoxy) is 1. The Labute approximate surface area is 158 Å². The molecule has 4 rings (SSSR count). The summed E-state index contributed by atoms with van der Waals surface area (Å²) in [6.45, 7) is 3.24. The number of rotatable bonds is 6. The highest BCUT2D eigenvalue weighted by Gasteiger charge is 2.29. The molecule has 0 radical (unpaired) electrons. The van der Waals surface area contributed by atoms with Crippen LogP contribution in [0.15, 0.2) is 23.2 Å². The number of primary amides is 1. The van der Waals surface area contributed by atoms with Gasteiger partial charge in [-0.3, -0.25) is 19.8 Å². The van der Waals surface area contributed by atoms with Crippen molar-refractivity contribution in [2.45, 2.75) is 38.3 Å². The molecule has 2 saturated heterocycles. The number of hydrogen-bond acceptors (Lipinski definition) is 6. The molecule has 2 fully saturated rings. The lowest BCUT2D eigenvalue weighted by molar-refractivity contribution is -0.124. The van der Waals surface area contributed by atoms with Crippen LogP contribution in [0, 0.1) is 0 Å². The van der Waals surface area contributed by atoms with Crippen molar-refractivity contribution in [1.29, 1.82) is 0 Å². The number of nitrogens with zero attached hydrogens (tertiary/aromatic N) is 3. The molecule has 1 aromatic carbocycles. The minimum atomic E-state index is -0.279. The maximum Gasteiger partial charge on any atom is 0.246 e. The predicted molar refractivity (Wildman–Crippen MR) is 101 cm³/mol. The lowest BCUT2D eigenvalue weighted by atomic mass is 10.1. The number of nitrogens with two attached hydrogens (primary N) is 1. The molecule has 3 N–H and O–H groups in total. The first-order valence-corrected chi connectivity index (χ1v) is 9.53.